The van der Waals surface area contributed by atoms with E-state index in [0.717, 1.165) is 41.1 Å². The number of carbonyl (C=O) groups is 1. The highest BCUT2D eigenvalue weighted by Gasteiger charge is 2.35. The number of hydrogen-bond donors (Lipinski definition) is 1. The Morgan fingerprint density at radius 2 is 1.88 bits per heavy atom. The van der Waals surface area contributed by atoms with Crippen LogP contribution in [0.4, 0.5) is 11.4 Å². The van der Waals surface area contributed by atoms with Crippen molar-refractivity contribution < 1.29 is 9.53 Å². The number of amides is 1. The summed E-state index contributed by atoms with van der Waals surface area (Å²) in [5, 5.41) is 3.34. The maximum Gasteiger partial charge on any atom is 0.274 e. The quantitative estimate of drug-likeness (QED) is 0.350. The van der Waals surface area contributed by atoms with E-state index in [1.807, 2.05) is 29.2 Å². The van der Waals surface area contributed by atoms with Gasteiger partial charge in [-0.1, -0.05) is 24.3 Å². The van der Waals surface area contributed by atoms with Gasteiger partial charge >= 0.3 is 0 Å². The minimum absolute atomic E-state index is 0.0418. The third kappa shape index (κ3) is 3.51. The van der Waals surface area contributed by atoms with Crippen LogP contribution < -0.4 is 14.5 Å². The molecule has 170 valence electrons. The lowest BCUT2D eigenvalue weighted by Gasteiger charge is -2.26. The summed E-state index contributed by atoms with van der Waals surface area (Å²) in [4.78, 5) is 21.3. The molecule has 1 aliphatic heterocycles. The van der Waals surface area contributed by atoms with Crippen LogP contribution in [-0.4, -0.2) is 43.5 Å². The predicted molar refractivity (Wildman–Crippen MR) is 137 cm³/mol. The van der Waals surface area contributed by atoms with Crippen molar-refractivity contribution in [3.05, 3.63) is 65.9 Å². The number of rotatable bonds is 6. The number of aromatic amines is 1. The van der Waals surface area contributed by atoms with Gasteiger partial charge in [-0.25, -0.2) is 0 Å². The number of nitrogens with one attached hydrogen (secondary N) is 1. The zero-order valence-corrected chi connectivity index (χ0v) is 19.9. The Balaban J connectivity index is 1.65. The van der Waals surface area contributed by atoms with E-state index in [-0.39, 0.29) is 11.8 Å². The van der Waals surface area contributed by atoms with Crippen LogP contribution in [0.5, 0.6) is 5.75 Å². The number of nitrogens with zero attached hydrogens (tertiary/aromatic N) is 2. The Labute approximate surface area is 198 Å². The van der Waals surface area contributed by atoms with Gasteiger partial charge in [-0.05, 0) is 55.1 Å². The summed E-state index contributed by atoms with van der Waals surface area (Å²) in [7, 11) is 1.64. The van der Waals surface area contributed by atoms with Crippen molar-refractivity contribution in [2.75, 3.05) is 42.4 Å². The lowest BCUT2D eigenvalue weighted by Crippen LogP contribution is -2.30. The number of carbonyl (C=O) groups excluding carboxylic acids is 1. The van der Waals surface area contributed by atoms with E-state index in [4.69, 9.17) is 16.3 Å². The number of benzene rings is 3. The van der Waals surface area contributed by atoms with Gasteiger partial charge in [0.1, 0.15) is 11.4 Å². The zero-order valence-electron chi connectivity index (χ0n) is 19.2. The predicted octanol–water partition coefficient (Wildman–Crippen LogP) is 6.16. The maximum atomic E-state index is 13.8. The molecular weight excluding hydrogens is 434 g/mol. The smallest absolute Gasteiger partial charge is 0.274 e. The van der Waals surface area contributed by atoms with Gasteiger partial charge in [0.05, 0.1) is 12.8 Å². The fraction of sp³-hybridized carbons (Fsp3) is 0.296. The molecule has 5 rings (SSSR count). The SMILES string of the molecule is CCN(CC)c1cc2c(c3ccccc13)C(CCl)CN2C(=O)c1cc2cc(OC)ccc2[nH]1. The van der Waals surface area contributed by atoms with E-state index in [9.17, 15) is 4.79 Å². The molecule has 5 nitrogen and oxygen atoms in total. The normalized spacial score (nSPS) is 15.3. The number of ether oxygens (including phenoxy) is 1. The highest BCUT2D eigenvalue weighted by molar-refractivity contribution is 6.19. The summed E-state index contributed by atoms with van der Waals surface area (Å²) in [6, 6.07) is 18.3. The summed E-state index contributed by atoms with van der Waals surface area (Å²) in [5.74, 6) is 1.28. The van der Waals surface area contributed by atoms with Gasteiger partial charge in [0.25, 0.3) is 5.91 Å². The van der Waals surface area contributed by atoms with E-state index in [2.05, 4.69) is 54.1 Å². The zero-order chi connectivity index (χ0) is 23.1. The monoisotopic (exact) mass is 461 g/mol. The average molecular weight is 462 g/mol. The van der Waals surface area contributed by atoms with Crippen LogP contribution in [0.25, 0.3) is 21.7 Å². The van der Waals surface area contributed by atoms with Crippen molar-refractivity contribution >= 4 is 50.6 Å². The van der Waals surface area contributed by atoms with Gasteiger partial charge in [0, 0.05) is 53.4 Å². The van der Waals surface area contributed by atoms with Crippen LogP contribution >= 0.6 is 11.6 Å². The van der Waals surface area contributed by atoms with Crippen LogP contribution in [0.3, 0.4) is 0 Å². The van der Waals surface area contributed by atoms with Crippen LogP contribution in [0.1, 0.15) is 35.8 Å². The highest BCUT2D eigenvalue weighted by Crippen LogP contribution is 2.46. The minimum Gasteiger partial charge on any atom is -0.497 e. The number of hydrogen-bond acceptors (Lipinski definition) is 3. The molecule has 1 amide bonds. The summed E-state index contributed by atoms with van der Waals surface area (Å²) < 4.78 is 5.34. The van der Waals surface area contributed by atoms with E-state index in [1.165, 1.54) is 16.3 Å². The Morgan fingerprint density at radius 1 is 1.12 bits per heavy atom. The number of alkyl halides is 1. The van der Waals surface area contributed by atoms with Crippen LogP contribution in [0.15, 0.2) is 54.6 Å². The van der Waals surface area contributed by atoms with Gasteiger partial charge in [-0.3, -0.25) is 4.79 Å². The molecule has 0 radical (unpaired) electrons. The number of aromatic nitrogens is 1. The Hall–Kier alpha value is -3.18. The lowest BCUT2D eigenvalue weighted by atomic mass is 9.94. The molecule has 33 heavy (non-hydrogen) atoms. The molecule has 1 aromatic heterocycles. The second-order valence-electron chi connectivity index (χ2n) is 8.45. The minimum atomic E-state index is -0.0418. The molecule has 3 aromatic carbocycles. The molecule has 2 heterocycles. The van der Waals surface area contributed by atoms with E-state index in [1.54, 1.807) is 7.11 Å². The fourth-order valence-corrected chi connectivity index (χ4v) is 5.32. The molecule has 0 aliphatic carbocycles. The highest BCUT2D eigenvalue weighted by atomic mass is 35.5. The average Bonchev–Trinajstić information content (AvgIpc) is 3.45. The first-order valence-electron chi connectivity index (χ1n) is 11.4. The van der Waals surface area contributed by atoms with Gasteiger partial charge < -0.3 is 19.5 Å². The van der Waals surface area contributed by atoms with Gasteiger partial charge in [0.15, 0.2) is 0 Å². The Bertz CT molecular complexity index is 1340. The topological polar surface area (TPSA) is 48.6 Å². The number of halogens is 1. The van der Waals surface area contributed by atoms with Crippen molar-refractivity contribution in [2.24, 2.45) is 0 Å². The number of anilines is 2. The summed E-state index contributed by atoms with van der Waals surface area (Å²) in [5.41, 5.74) is 4.76. The largest absolute Gasteiger partial charge is 0.497 e. The molecule has 4 aromatic rings. The molecule has 0 saturated heterocycles. The number of fused-ring (bicyclic) bond motifs is 4. The summed E-state index contributed by atoms with van der Waals surface area (Å²) in [6.07, 6.45) is 0. The van der Waals surface area contributed by atoms with Crippen molar-refractivity contribution in [1.29, 1.82) is 0 Å². The number of methoxy groups -OCH3 is 1. The molecule has 1 unspecified atom stereocenters. The first-order chi connectivity index (χ1) is 16.1. The molecular formula is C27H28ClN3O2. The third-order valence-electron chi connectivity index (χ3n) is 6.74. The molecule has 1 N–H and O–H groups in total. The first-order valence-corrected chi connectivity index (χ1v) is 12.0. The van der Waals surface area contributed by atoms with E-state index < -0.39 is 0 Å². The molecule has 1 aliphatic rings. The Kier molecular flexibility index (Phi) is 5.67. The second-order valence-corrected chi connectivity index (χ2v) is 8.76. The summed E-state index contributed by atoms with van der Waals surface area (Å²) >= 11 is 6.44. The second kappa shape index (κ2) is 8.64. The third-order valence-corrected chi connectivity index (χ3v) is 7.11. The standard InChI is InChI=1S/C27H28ClN3O2/c1-4-30(5-2)24-14-25-26(21-9-7-6-8-20(21)24)18(15-28)16-31(25)27(32)23-13-17-12-19(33-3)10-11-22(17)29-23/h6-14,18,29H,4-5,15-16H2,1-3H3. The van der Waals surface area contributed by atoms with Crippen molar-refractivity contribution in [3.63, 3.8) is 0 Å². The van der Waals surface area contributed by atoms with Crippen LogP contribution in [0.2, 0.25) is 0 Å². The van der Waals surface area contributed by atoms with Gasteiger partial charge in [-0.2, -0.15) is 0 Å². The molecule has 6 heteroatoms. The number of H-pyrrole nitrogens is 1. The van der Waals surface area contributed by atoms with Crippen LogP contribution in [0, 0.1) is 0 Å². The van der Waals surface area contributed by atoms with Crippen LogP contribution in [-0.2, 0) is 0 Å². The Morgan fingerprint density at radius 3 is 2.58 bits per heavy atom. The van der Waals surface area contributed by atoms with Crippen molar-refractivity contribution in [2.45, 2.75) is 19.8 Å². The van der Waals surface area contributed by atoms with Gasteiger partial charge in [-0.15, -0.1) is 11.6 Å². The van der Waals surface area contributed by atoms with E-state index in [0.29, 0.717) is 18.1 Å². The molecule has 0 fully saturated rings. The maximum absolute atomic E-state index is 13.8. The summed E-state index contributed by atoms with van der Waals surface area (Å²) in [6.45, 7) is 6.69. The van der Waals surface area contributed by atoms with Crippen molar-refractivity contribution in [3.8, 4) is 5.75 Å². The molecule has 0 spiro atoms. The molecule has 0 saturated carbocycles. The van der Waals surface area contributed by atoms with E-state index >= 15 is 0 Å². The van der Waals surface area contributed by atoms with Crippen molar-refractivity contribution in [1.82, 2.24) is 4.98 Å². The lowest BCUT2D eigenvalue weighted by molar-refractivity contribution is 0.0984. The molecule has 1 atom stereocenters. The first kappa shape index (κ1) is 21.7. The fourth-order valence-electron chi connectivity index (χ4n) is 5.07. The van der Waals surface area contributed by atoms with Gasteiger partial charge in [0.2, 0.25) is 0 Å². The molecule has 0 bridgehead atoms.